The number of methoxy groups -OCH3 is 1. The topological polar surface area (TPSA) is 87.1 Å². The van der Waals surface area contributed by atoms with Crippen molar-refractivity contribution < 1.29 is 24.5 Å². The maximum Gasteiger partial charge on any atom is 0.300 e. The molecular formula is C28H27NO5. The summed E-state index contributed by atoms with van der Waals surface area (Å²) >= 11 is 0. The average Bonchev–Trinajstić information content (AvgIpc) is 3.10. The fourth-order valence-electron chi connectivity index (χ4n) is 4.35. The fourth-order valence-corrected chi connectivity index (χ4v) is 4.35. The number of Topliss-reactive ketones (excluding diaryl/α,β-unsaturated/α-hetero) is 1. The normalized spacial score (nSPS) is 17.4. The molecule has 1 fully saturated rings. The van der Waals surface area contributed by atoms with Crippen LogP contribution in [0.25, 0.3) is 5.76 Å². The van der Waals surface area contributed by atoms with Crippen molar-refractivity contribution >= 4 is 23.1 Å². The summed E-state index contributed by atoms with van der Waals surface area (Å²) < 4.78 is 5.44. The van der Waals surface area contributed by atoms with Crippen LogP contribution in [0.2, 0.25) is 0 Å². The molecule has 4 rings (SSSR count). The first-order valence-corrected chi connectivity index (χ1v) is 11.1. The summed E-state index contributed by atoms with van der Waals surface area (Å²) in [6.45, 7) is 5.85. The molecule has 1 aliphatic rings. The molecule has 1 heterocycles. The van der Waals surface area contributed by atoms with Crippen LogP contribution in [0.1, 0.15) is 48.1 Å². The van der Waals surface area contributed by atoms with Crippen LogP contribution >= 0.6 is 0 Å². The van der Waals surface area contributed by atoms with Crippen molar-refractivity contribution in [1.82, 2.24) is 0 Å². The first-order valence-electron chi connectivity index (χ1n) is 11.1. The molecule has 0 bridgehead atoms. The van der Waals surface area contributed by atoms with Crippen molar-refractivity contribution in [2.24, 2.45) is 0 Å². The smallest absolute Gasteiger partial charge is 0.300 e. The van der Waals surface area contributed by atoms with Crippen LogP contribution in [-0.2, 0) is 9.59 Å². The first kappa shape index (κ1) is 23.1. The van der Waals surface area contributed by atoms with Crippen molar-refractivity contribution in [3.05, 3.63) is 94.6 Å². The molecule has 1 saturated heterocycles. The zero-order chi connectivity index (χ0) is 24.6. The number of hydrogen-bond acceptors (Lipinski definition) is 5. The molecule has 0 saturated carbocycles. The number of rotatable bonds is 5. The van der Waals surface area contributed by atoms with E-state index in [1.165, 1.54) is 11.0 Å². The van der Waals surface area contributed by atoms with Crippen LogP contribution in [0, 0.1) is 6.92 Å². The van der Waals surface area contributed by atoms with Crippen molar-refractivity contribution in [3.63, 3.8) is 0 Å². The largest absolute Gasteiger partial charge is 0.507 e. The lowest BCUT2D eigenvalue weighted by Gasteiger charge is -2.26. The van der Waals surface area contributed by atoms with Crippen LogP contribution in [0.3, 0.4) is 0 Å². The summed E-state index contributed by atoms with van der Waals surface area (Å²) in [6, 6.07) is 18.2. The second-order valence-electron chi connectivity index (χ2n) is 8.68. The van der Waals surface area contributed by atoms with Gasteiger partial charge in [-0.05, 0) is 59.9 Å². The number of aryl methyl sites for hydroxylation is 1. The molecule has 1 unspecified atom stereocenters. The Morgan fingerprint density at radius 3 is 2.35 bits per heavy atom. The first-order chi connectivity index (χ1) is 16.2. The Kier molecular flexibility index (Phi) is 6.16. The summed E-state index contributed by atoms with van der Waals surface area (Å²) in [7, 11) is 1.58. The van der Waals surface area contributed by atoms with Crippen LogP contribution < -0.4 is 9.64 Å². The van der Waals surface area contributed by atoms with Gasteiger partial charge in [0.15, 0.2) is 0 Å². The van der Waals surface area contributed by atoms with Gasteiger partial charge in [-0.2, -0.15) is 0 Å². The predicted octanol–water partition coefficient (Wildman–Crippen LogP) is 5.46. The monoisotopic (exact) mass is 457 g/mol. The van der Waals surface area contributed by atoms with E-state index in [4.69, 9.17) is 4.74 Å². The van der Waals surface area contributed by atoms with E-state index in [0.29, 0.717) is 16.9 Å². The minimum Gasteiger partial charge on any atom is -0.507 e. The molecule has 2 N–H and O–H groups in total. The Hall–Kier alpha value is -4.06. The van der Waals surface area contributed by atoms with Crippen molar-refractivity contribution in [2.75, 3.05) is 12.0 Å². The number of carbonyl (C=O) groups excluding carboxylic acids is 2. The minimum absolute atomic E-state index is 0.0306. The highest BCUT2D eigenvalue weighted by atomic mass is 16.5. The Morgan fingerprint density at radius 2 is 1.71 bits per heavy atom. The molecule has 1 amide bonds. The van der Waals surface area contributed by atoms with Gasteiger partial charge in [0.05, 0.1) is 24.4 Å². The van der Waals surface area contributed by atoms with Gasteiger partial charge in [-0.15, -0.1) is 0 Å². The van der Waals surface area contributed by atoms with Gasteiger partial charge in [-0.1, -0.05) is 50.2 Å². The fraction of sp³-hybridized carbons (Fsp3) is 0.214. The van der Waals surface area contributed by atoms with Crippen molar-refractivity contribution in [1.29, 1.82) is 0 Å². The third-order valence-corrected chi connectivity index (χ3v) is 6.08. The molecule has 34 heavy (non-hydrogen) atoms. The van der Waals surface area contributed by atoms with E-state index in [0.717, 1.165) is 11.1 Å². The van der Waals surface area contributed by atoms with E-state index >= 15 is 0 Å². The van der Waals surface area contributed by atoms with Gasteiger partial charge >= 0.3 is 0 Å². The van der Waals surface area contributed by atoms with E-state index in [1.54, 1.807) is 61.7 Å². The predicted molar refractivity (Wildman–Crippen MR) is 131 cm³/mol. The summed E-state index contributed by atoms with van der Waals surface area (Å²) in [5.41, 5.74) is 2.93. The summed E-state index contributed by atoms with van der Waals surface area (Å²) in [5, 5.41) is 21.9. The SMILES string of the molecule is COc1ccc(/C(O)=C2/C(=O)C(=O)N(c3cc(C)ccc3O)C2c2ccccc2)cc1C(C)C. The third kappa shape index (κ3) is 3.92. The summed E-state index contributed by atoms with van der Waals surface area (Å²) in [4.78, 5) is 27.8. The molecule has 6 heteroatoms. The number of aliphatic hydroxyl groups is 1. The number of aromatic hydroxyl groups is 1. The molecule has 0 radical (unpaired) electrons. The number of benzene rings is 3. The van der Waals surface area contributed by atoms with Gasteiger partial charge in [0, 0.05) is 5.56 Å². The highest BCUT2D eigenvalue weighted by Gasteiger charge is 2.47. The van der Waals surface area contributed by atoms with E-state index in [-0.39, 0.29) is 28.7 Å². The van der Waals surface area contributed by atoms with E-state index in [2.05, 4.69) is 0 Å². The third-order valence-electron chi connectivity index (χ3n) is 6.08. The number of ether oxygens (including phenoxy) is 1. The molecule has 0 spiro atoms. The minimum atomic E-state index is -0.904. The molecule has 174 valence electrons. The molecule has 6 nitrogen and oxygen atoms in total. The zero-order valence-electron chi connectivity index (χ0n) is 19.6. The summed E-state index contributed by atoms with van der Waals surface area (Å²) in [5.74, 6) is -1.23. The number of hydrogen-bond donors (Lipinski definition) is 2. The Labute approximate surface area is 198 Å². The Morgan fingerprint density at radius 1 is 1.00 bits per heavy atom. The number of ketones is 1. The molecule has 1 atom stereocenters. The lowest BCUT2D eigenvalue weighted by molar-refractivity contribution is -0.132. The number of aliphatic hydroxyl groups excluding tert-OH is 1. The van der Waals surface area contributed by atoms with E-state index in [9.17, 15) is 19.8 Å². The molecule has 3 aromatic rings. The highest BCUT2D eigenvalue weighted by Crippen LogP contribution is 2.45. The zero-order valence-corrected chi connectivity index (χ0v) is 19.6. The number of phenols is 1. The van der Waals surface area contributed by atoms with Crippen LogP contribution in [0.4, 0.5) is 5.69 Å². The van der Waals surface area contributed by atoms with Crippen molar-refractivity contribution in [3.8, 4) is 11.5 Å². The molecular weight excluding hydrogens is 430 g/mol. The average molecular weight is 458 g/mol. The Bertz CT molecular complexity index is 1290. The second-order valence-corrected chi connectivity index (χ2v) is 8.68. The van der Waals surface area contributed by atoms with E-state index in [1.807, 2.05) is 26.8 Å². The van der Waals surface area contributed by atoms with Gasteiger partial charge in [0.1, 0.15) is 17.3 Å². The van der Waals surface area contributed by atoms with Gasteiger partial charge in [-0.3, -0.25) is 14.5 Å². The van der Waals surface area contributed by atoms with Gasteiger partial charge in [-0.25, -0.2) is 0 Å². The van der Waals surface area contributed by atoms with Gasteiger partial charge < -0.3 is 14.9 Å². The number of amides is 1. The lowest BCUT2D eigenvalue weighted by atomic mass is 9.93. The maximum absolute atomic E-state index is 13.3. The van der Waals surface area contributed by atoms with Gasteiger partial charge in [0.2, 0.25) is 0 Å². The maximum atomic E-state index is 13.3. The van der Waals surface area contributed by atoms with Crippen LogP contribution in [-0.4, -0.2) is 29.0 Å². The highest BCUT2D eigenvalue weighted by molar-refractivity contribution is 6.51. The lowest BCUT2D eigenvalue weighted by Crippen LogP contribution is -2.29. The van der Waals surface area contributed by atoms with Crippen LogP contribution in [0.15, 0.2) is 72.3 Å². The second kappa shape index (κ2) is 9.06. The number of nitrogens with zero attached hydrogens (tertiary/aromatic N) is 1. The standard InChI is InChI=1S/C28H27NO5/c1-16(2)20-15-19(11-13-23(20)34-4)26(31)24-25(18-8-6-5-7-9-18)29(28(33)27(24)32)21-14-17(3)10-12-22(21)30/h5-16,25,30-31H,1-4H3/b26-24-. The van der Waals surface area contributed by atoms with Crippen molar-refractivity contribution in [2.45, 2.75) is 32.7 Å². The molecule has 1 aliphatic heterocycles. The Balaban J connectivity index is 1.97. The molecule has 0 aromatic heterocycles. The quantitative estimate of drug-likeness (QED) is 0.302. The molecule has 3 aromatic carbocycles. The molecule has 0 aliphatic carbocycles. The number of carbonyl (C=O) groups is 2. The van der Waals surface area contributed by atoms with E-state index < -0.39 is 17.7 Å². The number of phenolic OH excluding ortho intramolecular Hbond substituents is 1. The van der Waals surface area contributed by atoms with Crippen LogP contribution in [0.5, 0.6) is 11.5 Å². The van der Waals surface area contributed by atoms with Gasteiger partial charge in [0.25, 0.3) is 11.7 Å². The number of anilines is 1. The summed E-state index contributed by atoms with van der Waals surface area (Å²) in [6.07, 6.45) is 0.